The van der Waals surface area contributed by atoms with Gasteiger partial charge in [-0.2, -0.15) is 0 Å². The van der Waals surface area contributed by atoms with Crippen molar-refractivity contribution in [3.63, 3.8) is 0 Å². The lowest BCUT2D eigenvalue weighted by Crippen LogP contribution is -2.65. The van der Waals surface area contributed by atoms with E-state index in [0.717, 1.165) is 51.5 Å². The number of aliphatic hydroxyl groups excluding tert-OH is 3. The van der Waals surface area contributed by atoms with Gasteiger partial charge in [-0.05, 0) is 56.7 Å². The van der Waals surface area contributed by atoms with Gasteiger partial charge in [-0.25, -0.2) is 0 Å². The minimum absolute atomic E-state index is 0.0406. The molecule has 0 aromatic carbocycles. The molecule has 1 aliphatic carbocycles. The smallest absolute Gasteiger partial charge is 0.237 e. The van der Waals surface area contributed by atoms with Crippen LogP contribution in [-0.4, -0.2) is 76.0 Å². The van der Waals surface area contributed by atoms with Crippen LogP contribution in [-0.2, 0) is 9.53 Å². The highest BCUT2D eigenvalue weighted by Gasteiger charge is 2.49. The first-order valence-electron chi connectivity index (χ1n) is 11.7. The van der Waals surface area contributed by atoms with Crippen LogP contribution in [0.3, 0.4) is 0 Å². The van der Waals surface area contributed by atoms with Crippen molar-refractivity contribution in [2.45, 2.75) is 107 Å². The topological polar surface area (TPSA) is 111 Å². The number of rotatable bonds is 7. The Morgan fingerprint density at radius 2 is 1.83 bits per heavy atom. The zero-order valence-corrected chi connectivity index (χ0v) is 19.2. The van der Waals surface area contributed by atoms with Crippen molar-refractivity contribution in [1.82, 2.24) is 10.6 Å². The highest BCUT2D eigenvalue weighted by Crippen LogP contribution is 2.36. The number of hydrogen-bond donors (Lipinski definition) is 5. The van der Waals surface area contributed by atoms with E-state index in [2.05, 4.69) is 17.6 Å². The van der Waals surface area contributed by atoms with Crippen LogP contribution in [0.25, 0.3) is 0 Å². The van der Waals surface area contributed by atoms with Gasteiger partial charge in [0.1, 0.15) is 29.9 Å². The van der Waals surface area contributed by atoms with Crippen molar-refractivity contribution in [3.8, 4) is 0 Å². The van der Waals surface area contributed by atoms with E-state index in [4.69, 9.17) is 4.74 Å². The maximum atomic E-state index is 13.2. The molecule has 30 heavy (non-hydrogen) atoms. The van der Waals surface area contributed by atoms with E-state index < -0.39 is 29.9 Å². The third kappa shape index (κ3) is 5.70. The SMILES string of the molecule is CCCC1CCN[C@H](C(=O)N[C@H](C2CCCC2)[C@H]2O[C@H](SC)[C@H](O)[C@@H](O)[C@H]2O)CC1. The normalized spacial score (nSPS) is 39.4. The third-order valence-corrected chi connectivity index (χ3v) is 8.08. The Morgan fingerprint density at radius 1 is 1.10 bits per heavy atom. The van der Waals surface area contributed by atoms with Crippen molar-refractivity contribution in [3.05, 3.63) is 0 Å². The van der Waals surface area contributed by atoms with E-state index in [1.165, 1.54) is 24.6 Å². The fraction of sp³-hybridized carbons (Fsp3) is 0.955. The molecular weight excluding hydrogens is 404 g/mol. The van der Waals surface area contributed by atoms with Crippen molar-refractivity contribution < 1.29 is 24.9 Å². The van der Waals surface area contributed by atoms with Crippen molar-refractivity contribution in [1.29, 1.82) is 0 Å². The molecule has 0 radical (unpaired) electrons. The Kier molecular flexibility index (Phi) is 9.28. The molecule has 8 heteroatoms. The van der Waals surface area contributed by atoms with Gasteiger partial charge in [-0.15, -0.1) is 11.8 Å². The summed E-state index contributed by atoms with van der Waals surface area (Å²) in [5.74, 6) is 0.840. The predicted octanol–water partition coefficient (Wildman–Crippen LogP) is 1.39. The second-order valence-corrected chi connectivity index (χ2v) is 10.2. The monoisotopic (exact) mass is 444 g/mol. The summed E-state index contributed by atoms with van der Waals surface area (Å²) in [5.41, 5.74) is -0.625. The molecule has 0 bridgehead atoms. The first kappa shape index (κ1) is 24.3. The van der Waals surface area contributed by atoms with Crippen LogP contribution in [0.1, 0.15) is 64.7 Å². The van der Waals surface area contributed by atoms with Crippen LogP contribution in [0.5, 0.6) is 0 Å². The summed E-state index contributed by atoms with van der Waals surface area (Å²) in [6.07, 6.45) is 6.89. The van der Waals surface area contributed by atoms with Crippen LogP contribution < -0.4 is 10.6 Å². The molecule has 174 valence electrons. The molecule has 3 fully saturated rings. The number of ether oxygens (including phenoxy) is 1. The number of carbonyl (C=O) groups is 1. The van der Waals surface area contributed by atoms with Crippen LogP contribution in [0.4, 0.5) is 0 Å². The second-order valence-electron chi connectivity index (χ2n) is 9.28. The zero-order chi connectivity index (χ0) is 21.7. The van der Waals surface area contributed by atoms with Crippen molar-refractivity contribution in [2.24, 2.45) is 11.8 Å². The summed E-state index contributed by atoms with van der Waals surface area (Å²) in [4.78, 5) is 13.2. The Morgan fingerprint density at radius 3 is 2.50 bits per heavy atom. The minimum Gasteiger partial charge on any atom is -0.388 e. The van der Waals surface area contributed by atoms with E-state index >= 15 is 0 Å². The Labute approximate surface area is 184 Å². The molecular formula is C22H40N2O5S. The molecule has 0 spiro atoms. The molecule has 8 atom stereocenters. The zero-order valence-electron chi connectivity index (χ0n) is 18.3. The lowest BCUT2D eigenvalue weighted by molar-refractivity contribution is -0.208. The number of amides is 1. The van der Waals surface area contributed by atoms with Crippen LogP contribution in [0, 0.1) is 11.8 Å². The molecule has 1 unspecified atom stereocenters. The molecule has 2 saturated heterocycles. The van der Waals surface area contributed by atoms with E-state index in [-0.39, 0.29) is 23.9 Å². The van der Waals surface area contributed by atoms with Gasteiger partial charge in [-0.3, -0.25) is 4.79 Å². The standard InChI is InChI=1S/C22H40N2O5S/c1-3-6-13-9-10-15(23-12-11-13)21(28)24-16(14-7-4-5-8-14)20-18(26)17(25)19(27)22(29-20)30-2/h13-20,22-23,25-27H,3-12H2,1-2H3,(H,24,28)/t13?,15-,16+,17-,18+,19+,20+,22+/m0/s1. The molecule has 1 saturated carbocycles. The van der Waals surface area contributed by atoms with Gasteiger partial charge in [0.25, 0.3) is 0 Å². The van der Waals surface area contributed by atoms with Crippen LogP contribution >= 0.6 is 11.8 Å². The maximum absolute atomic E-state index is 13.2. The largest absolute Gasteiger partial charge is 0.388 e. The fourth-order valence-corrected chi connectivity index (χ4v) is 6.13. The van der Waals surface area contributed by atoms with E-state index in [9.17, 15) is 20.1 Å². The maximum Gasteiger partial charge on any atom is 0.237 e. The quantitative estimate of drug-likeness (QED) is 0.403. The molecule has 5 N–H and O–H groups in total. The summed E-state index contributed by atoms with van der Waals surface area (Å²) in [5, 5.41) is 37.9. The van der Waals surface area contributed by atoms with Gasteiger partial charge >= 0.3 is 0 Å². The highest BCUT2D eigenvalue weighted by atomic mass is 32.2. The molecule has 1 amide bonds. The predicted molar refractivity (Wildman–Crippen MR) is 118 cm³/mol. The number of hydrogen-bond acceptors (Lipinski definition) is 7. The molecule has 2 heterocycles. The van der Waals surface area contributed by atoms with E-state index in [1.807, 2.05) is 0 Å². The Bertz CT molecular complexity index is 546. The summed E-state index contributed by atoms with van der Waals surface area (Å²) >= 11 is 1.31. The molecule has 2 aliphatic heterocycles. The lowest BCUT2D eigenvalue weighted by atomic mass is 9.86. The van der Waals surface area contributed by atoms with E-state index in [0.29, 0.717) is 5.92 Å². The Hall–Kier alpha value is -0.380. The van der Waals surface area contributed by atoms with Gasteiger partial charge in [0.05, 0.1) is 12.1 Å². The van der Waals surface area contributed by atoms with Crippen LogP contribution in [0.2, 0.25) is 0 Å². The van der Waals surface area contributed by atoms with E-state index in [1.54, 1.807) is 6.26 Å². The lowest BCUT2D eigenvalue weighted by Gasteiger charge is -2.45. The number of nitrogens with one attached hydrogen (secondary N) is 2. The number of thioether (sulfide) groups is 1. The molecule has 7 nitrogen and oxygen atoms in total. The van der Waals surface area contributed by atoms with Crippen molar-refractivity contribution >= 4 is 17.7 Å². The molecule has 0 aromatic heterocycles. The van der Waals surface area contributed by atoms with Gasteiger partial charge in [0.2, 0.25) is 5.91 Å². The summed E-state index contributed by atoms with van der Waals surface area (Å²) in [6, 6.07) is -0.605. The van der Waals surface area contributed by atoms with Crippen molar-refractivity contribution in [2.75, 3.05) is 12.8 Å². The first-order chi connectivity index (χ1) is 14.5. The number of carbonyl (C=O) groups excluding carboxylic acids is 1. The average molecular weight is 445 g/mol. The Balaban J connectivity index is 1.70. The van der Waals surface area contributed by atoms with Gasteiger partial charge in [0.15, 0.2) is 0 Å². The van der Waals surface area contributed by atoms with Gasteiger partial charge in [0, 0.05) is 0 Å². The summed E-state index contributed by atoms with van der Waals surface area (Å²) < 4.78 is 6.03. The van der Waals surface area contributed by atoms with Gasteiger partial charge in [-0.1, -0.05) is 32.6 Å². The number of aliphatic hydroxyl groups is 3. The molecule has 3 aliphatic rings. The first-order valence-corrected chi connectivity index (χ1v) is 13.0. The third-order valence-electron chi connectivity index (χ3n) is 7.23. The minimum atomic E-state index is -1.28. The highest BCUT2D eigenvalue weighted by molar-refractivity contribution is 7.99. The average Bonchev–Trinajstić information content (AvgIpc) is 3.17. The fourth-order valence-electron chi connectivity index (χ4n) is 5.45. The van der Waals surface area contributed by atoms with Crippen LogP contribution in [0.15, 0.2) is 0 Å². The van der Waals surface area contributed by atoms with Gasteiger partial charge < -0.3 is 30.7 Å². The second kappa shape index (κ2) is 11.5. The summed E-state index contributed by atoms with van der Waals surface area (Å²) in [6.45, 7) is 3.05. The summed E-state index contributed by atoms with van der Waals surface area (Å²) in [7, 11) is 0. The molecule has 0 aromatic rings. The molecule has 3 rings (SSSR count).